The molecule has 0 saturated carbocycles. The van der Waals surface area contributed by atoms with Gasteiger partial charge in [0.05, 0.1) is 16.7 Å². The highest BCUT2D eigenvalue weighted by Crippen LogP contribution is 2.35. The van der Waals surface area contributed by atoms with E-state index in [0.717, 1.165) is 76.3 Å². The van der Waals surface area contributed by atoms with E-state index in [2.05, 4.69) is 21.2 Å². The number of ether oxygens (including phenoxy) is 2. The Morgan fingerprint density at radius 2 is 1.00 bits per heavy atom. The fourth-order valence-electron chi connectivity index (χ4n) is 7.61. The number of nitrogens with two attached hydrogens (primary N) is 2. The number of rotatable bonds is 9. The van der Waals surface area contributed by atoms with Crippen LogP contribution in [0.15, 0.2) is 132 Å². The summed E-state index contributed by atoms with van der Waals surface area (Å²) < 4.78 is 125. The zero-order chi connectivity index (χ0) is 56.4. The van der Waals surface area contributed by atoms with Crippen LogP contribution < -0.4 is 22.2 Å². The molecule has 1 amide bonds. The number of benzene rings is 6. The first-order valence-electron chi connectivity index (χ1n) is 23.7. The van der Waals surface area contributed by atoms with Crippen molar-refractivity contribution in [3.05, 3.63) is 182 Å². The second-order valence-electron chi connectivity index (χ2n) is 17.7. The van der Waals surface area contributed by atoms with Crippen molar-refractivity contribution >= 4 is 40.4 Å². The zero-order valence-corrected chi connectivity index (χ0v) is 43.2. The van der Waals surface area contributed by atoms with Gasteiger partial charge in [-0.25, -0.2) is 4.79 Å². The van der Waals surface area contributed by atoms with Gasteiger partial charge in [-0.2, -0.15) is 39.5 Å². The Morgan fingerprint density at radius 1 is 0.579 bits per heavy atom. The number of hydrogen-bond acceptors (Lipinski definition) is 8. The number of carbonyl (C=O) groups excluding carboxylic acids is 1. The van der Waals surface area contributed by atoms with Crippen molar-refractivity contribution < 1.29 is 73.7 Å². The Kier molecular flexibility index (Phi) is 23.8. The van der Waals surface area contributed by atoms with Crippen LogP contribution in [0.2, 0.25) is 0 Å². The number of alkyl halides is 9. The van der Waals surface area contributed by atoms with E-state index in [9.17, 15) is 49.1 Å². The van der Waals surface area contributed by atoms with Gasteiger partial charge in [-0.15, -0.1) is 0 Å². The molecule has 2 aliphatic rings. The Labute approximate surface area is 443 Å². The molecule has 2 fully saturated rings. The molecular formula is C55H58BBrF9N3O7. The molecular weight excluding hydrogens is 1080 g/mol. The normalized spacial score (nSPS) is 15.1. The lowest BCUT2D eigenvalue weighted by atomic mass is 9.78. The minimum absolute atomic E-state index is 0.150. The van der Waals surface area contributed by atoms with Crippen LogP contribution in [0, 0.1) is 20.8 Å². The van der Waals surface area contributed by atoms with Crippen LogP contribution in [0.5, 0.6) is 0 Å². The Bertz CT molecular complexity index is 2840. The van der Waals surface area contributed by atoms with Gasteiger partial charge < -0.3 is 41.4 Å². The average molecular weight is 1130 g/mol. The molecule has 408 valence electrons. The van der Waals surface area contributed by atoms with E-state index in [1.165, 1.54) is 19.1 Å². The maximum Gasteiger partial charge on any atom is 0.488 e. The van der Waals surface area contributed by atoms with Crippen molar-refractivity contribution in [1.82, 2.24) is 5.32 Å². The van der Waals surface area contributed by atoms with Gasteiger partial charge in [-0.05, 0) is 157 Å². The van der Waals surface area contributed by atoms with Crippen LogP contribution in [0.1, 0.15) is 75.8 Å². The van der Waals surface area contributed by atoms with Crippen LogP contribution in [0.3, 0.4) is 0 Å². The van der Waals surface area contributed by atoms with Gasteiger partial charge in [0.15, 0.2) is 6.10 Å². The third kappa shape index (κ3) is 20.8. The van der Waals surface area contributed by atoms with Crippen LogP contribution in [0.4, 0.5) is 39.5 Å². The third-order valence-electron chi connectivity index (χ3n) is 11.3. The standard InChI is InChI=1S/C20H20F3NO2.C15H14F3N.C8H8BF3O2.C7H8BrN.C5H8O3/c1-13-8-16(11-17(9-13)20(21,22)23)15-5-2-4-14(10-15)12-24-19(25)18-6-3-7-26-18;1-10-5-13(8-14(6-10)15(16,17)18)12-4-2-3-11(7-12)9-19;1-5-2-6(8(10,11)12)4-7(3-5)9(13)14;8-7-3-1-2-6(4-7)5-9;6-5(7)4-2-1-3-8-4/h2,4-5,8-11,18H,3,6-7,12H2,1H3,(H,24,25);2-8H,9,19H2,1H3;2-4,13-14H,1H3;1-4H,5,9H2;4H,1-3H2,(H,6,7)/t;;;;4-/m....0/s1. The van der Waals surface area contributed by atoms with Gasteiger partial charge >= 0.3 is 31.6 Å². The summed E-state index contributed by atoms with van der Waals surface area (Å²) >= 11 is 3.35. The van der Waals surface area contributed by atoms with Gasteiger partial charge in [-0.1, -0.05) is 94.3 Å². The lowest BCUT2D eigenvalue weighted by Gasteiger charge is -2.13. The average Bonchev–Trinajstić information content (AvgIpc) is 4.13. The topological polar surface area (TPSA) is 177 Å². The fourth-order valence-corrected chi connectivity index (χ4v) is 8.06. The summed E-state index contributed by atoms with van der Waals surface area (Å²) in [6.45, 7) is 7.26. The Hall–Kier alpha value is -6.07. The molecule has 1 unspecified atom stereocenters. The van der Waals surface area contributed by atoms with Gasteiger partial charge in [0.2, 0.25) is 5.91 Å². The maximum absolute atomic E-state index is 13.0. The molecule has 0 spiro atoms. The van der Waals surface area contributed by atoms with Gasteiger partial charge in [0.1, 0.15) is 6.10 Å². The van der Waals surface area contributed by atoms with Crippen LogP contribution in [-0.4, -0.2) is 59.6 Å². The largest absolute Gasteiger partial charge is 0.488 e. The smallest absolute Gasteiger partial charge is 0.479 e. The number of aliphatic carboxylic acids is 1. The highest BCUT2D eigenvalue weighted by Gasteiger charge is 2.33. The number of halogens is 10. The van der Waals surface area contributed by atoms with Gasteiger partial charge in [0, 0.05) is 37.3 Å². The minimum Gasteiger partial charge on any atom is -0.479 e. The van der Waals surface area contributed by atoms with Crippen molar-refractivity contribution in [3.63, 3.8) is 0 Å². The first kappa shape index (κ1) is 62.5. The van der Waals surface area contributed by atoms with Crippen molar-refractivity contribution in [1.29, 1.82) is 0 Å². The molecule has 2 aliphatic heterocycles. The minimum atomic E-state index is -4.46. The molecule has 0 bridgehead atoms. The number of nitrogens with one attached hydrogen (secondary N) is 1. The summed E-state index contributed by atoms with van der Waals surface area (Å²) in [5, 5.41) is 28.6. The molecule has 0 radical (unpaired) electrons. The predicted molar refractivity (Wildman–Crippen MR) is 277 cm³/mol. The molecule has 6 aromatic carbocycles. The van der Waals surface area contributed by atoms with Crippen LogP contribution in [-0.2, 0) is 57.2 Å². The molecule has 2 atom stereocenters. The van der Waals surface area contributed by atoms with Crippen LogP contribution in [0.25, 0.3) is 22.3 Å². The lowest BCUT2D eigenvalue weighted by molar-refractivity contribution is -0.147. The van der Waals surface area contributed by atoms with E-state index in [4.69, 9.17) is 36.1 Å². The first-order valence-corrected chi connectivity index (χ1v) is 24.5. The van der Waals surface area contributed by atoms with Crippen molar-refractivity contribution in [2.75, 3.05) is 13.2 Å². The van der Waals surface area contributed by atoms with Crippen molar-refractivity contribution in [3.8, 4) is 22.3 Å². The number of aryl methyl sites for hydroxylation is 3. The summed E-state index contributed by atoms with van der Waals surface area (Å²) in [7, 11) is -1.88. The highest BCUT2D eigenvalue weighted by molar-refractivity contribution is 9.10. The first-order chi connectivity index (χ1) is 35.7. The zero-order valence-electron chi connectivity index (χ0n) is 41.6. The molecule has 10 nitrogen and oxygen atoms in total. The molecule has 76 heavy (non-hydrogen) atoms. The number of carboxylic acid groups (broad SMARTS) is 1. The molecule has 21 heteroatoms. The second-order valence-corrected chi connectivity index (χ2v) is 18.6. The van der Waals surface area contributed by atoms with Gasteiger partial charge in [-0.3, -0.25) is 4.79 Å². The molecule has 6 aromatic rings. The molecule has 8 rings (SSSR count). The second kappa shape index (κ2) is 28.9. The monoisotopic (exact) mass is 1130 g/mol. The summed E-state index contributed by atoms with van der Waals surface area (Å²) in [5.41, 5.74) is 15.5. The third-order valence-corrected chi connectivity index (χ3v) is 11.8. The Balaban J connectivity index is 0.000000219. The van der Waals surface area contributed by atoms with E-state index >= 15 is 0 Å². The predicted octanol–water partition coefficient (Wildman–Crippen LogP) is 11.5. The van der Waals surface area contributed by atoms with E-state index in [-0.39, 0.29) is 11.4 Å². The number of amides is 1. The maximum atomic E-state index is 13.0. The van der Waals surface area contributed by atoms with E-state index < -0.39 is 60.5 Å². The summed E-state index contributed by atoms with van der Waals surface area (Å²) in [6.07, 6.45) is -10.9. The SMILES string of the molecule is Cc1cc(-c2cccc(CN)c2)cc(C(F)(F)F)c1.Cc1cc(-c2cccc(CNC(=O)C3CCCO3)c2)cc(C(F)(F)F)c1.Cc1cc(B(O)O)cc(C(F)(F)F)c1.NCc1cccc(Br)c1.O=C(O)[C@@H]1CCCO1. The van der Waals surface area contributed by atoms with E-state index in [1.54, 1.807) is 56.3 Å². The quantitative estimate of drug-likeness (QED) is 0.0607. The molecule has 0 aromatic heterocycles. The van der Waals surface area contributed by atoms with Crippen LogP contribution >= 0.6 is 15.9 Å². The number of hydrogen-bond donors (Lipinski definition) is 6. The van der Waals surface area contributed by atoms with Crippen molar-refractivity contribution in [2.45, 2.75) is 96.8 Å². The molecule has 2 saturated heterocycles. The van der Waals surface area contributed by atoms with E-state index in [1.807, 2.05) is 42.5 Å². The van der Waals surface area contributed by atoms with Gasteiger partial charge in [0.25, 0.3) is 0 Å². The van der Waals surface area contributed by atoms with E-state index in [0.29, 0.717) is 72.6 Å². The fraction of sp³-hybridized carbons (Fsp3) is 0.309. The molecule has 2 heterocycles. The lowest BCUT2D eigenvalue weighted by Crippen LogP contribution is -2.33. The number of carboxylic acids is 1. The number of carbonyl (C=O) groups is 2. The molecule has 8 N–H and O–H groups in total. The highest BCUT2D eigenvalue weighted by atomic mass is 79.9. The summed E-state index contributed by atoms with van der Waals surface area (Å²) in [6, 6.07) is 33.4. The summed E-state index contributed by atoms with van der Waals surface area (Å²) in [4.78, 5) is 22.1. The Morgan fingerprint density at radius 3 is 1.39 bits per heavy atom. The summed E-state index contributed by atoms with van der Waals surface area (Å²) in [5.74, 6) is -0.981. The molecule has 0 aliphatic carbocycles. The van der Waals surface area contributed by atoms with Crippen molar-refractivity contribution in [2.24, 2.45) is 11.5 Å².